The zero-order chi connectivity index (χ0) is 14.8. The van der Waals surface area contributed by atoms with Gasteiger partial charge in [-0.1, -0.05) is 11.6 Å². The van der Waals surface area contributed by atoms with Gasteiger partial charge in [-0.2, -0.15) is 0 Å². The zero-order valence-electron chi connectivity index (χ0n) is 11.7. The molecule has 21 heavy (non-hydrogen) atoms. The number of rotatable bonds is 4. The smallest absolute Gasteiger partial charge is 0.165 e. The Hall–Kier alpha value is -2.34. The largest absolute Gasteiger partial charge is 0.495 e. The first-order chi connectivity index (χ1) is 10.2. The number of fused-ring (bicyclic) bond motifs is 1. The summed E-state index contributed by atoms with van der Waals surface area (Å²) in [5.74, 6) is 1.28. The maximum Gasteiger partial charge on any atom is 0.165 e. The molecule has 0 saturated heterocycles. The first kappa shape index (κ1) is 13.6. The Morgan fingerprint density at radius 3 is 2.86 bits per heavy atom. The third-order valence-electron chi connectivity index (χ3n) is 3.16. The molecule has 0 aliphatic heterocycles. The predicted octanol–water partition coefficient (Wildman–Crippen LogP) is 3.25. The molecule has 0 aliphatic carbocycles. The summed E-state index contributed by atoms with van der Waals surface area (Å²) >= 11 is 6.12. The molecule has 0 atom stereocenters. The van der Waals surface area contributed by atoms with E-state index in [9.17, 15) is 0 Å². The van der Waals surface area contributed by atoms with Crippen molar-refractivity contribution in [1.82, 2.24) is 19.5 Å². The molecular formula is C14H14ClN5O. The summed E-state index contributed by atoms with van der Waals surface area (Å²) in [4.78, 5) is 12.9. The first-order valence-electron chi connectivity index (χ1n) is 6.49. The second kappa shape index (κ2) is 5.57. The van der Waals surface area contributed by atoms with Crippen molar-refractivity contribution in [3.05, 3.63) is 35.9 Å². The molecule has 0 unspecified atom stereocenters. The molecule has 0 bridgehead atoms. The number of nitrogens with one attached hydrogen (secondary N) is 1. The minimum absolute atomic E-state index is 0.534. The molecule has 0 amide bonds. The molecule has 3 rings (SSSR count). The third-order valence-corrected chi connectivity index (χ3v) is 3.45. The van der Waals surface area contributed by atoms with Gasteiger partial charge in [-0.25, -0.2) is 15.0 Å². The molecule has 3 aromatic rings. The van der Waals surface area contributed by atoms with Gasteiger partial charge in [0.25, 0.3) is 0 Å². The van der Waals surface area contributed by atoms with Crippen molar-refractivity contribution in [2.75, 3.05) is 12.4 Å². The van der Waals surface area contributed by atoms with Crippen LogP contribution in [-0.4, -0.2) is 26.6 Å². The number of imidazole rings is 1. The molecule has 7 heteroatoms. The van der Waals surface area contributed by atoms with Gasteiger partial charge in [0.05, 0.1) is 18.5 Å². The van der Waals surface area contributed by atoms with E-state index < -0.39 is 0 Å². The van der Waals surface area contributed by atoms with Crippen LogP contribution in [0.2, 0.25) is 5.02 Å². The number of ether oxygens (including phenoxy) is 1. The summed E-state index contributed by atoms with van der Waals surface area (Å²) in [6.07, 6.45) is 3.27. The molecule has 0 aliphatic rings. The number of anilines is 2. The molecule has 108 valence electrons. The van der Waals surface area contributed by atoms with Gasteiger partial charge in [0, 0.05) is 12.2 Å². The zero-order valence-corrected chi connectivity index (χ0v) is 12.4. The van der Waals surface area contributed by atoms with Crippen LogP contribution in [0.15, 0.2) is 30.9 Å². The fraction of sp³-hybridized carbons (Fsp3) is 0.214. The van der Waals surface area contributed by atoms with Gasteiger partial charge in [0.15, 0.2) is 17.0 Å². The second-order valence-electron chi connectivity index (χ2n) is 4.40. The number of aryl methyl sites for hydroxylation is 1. The highest BCUT2D eigenvalue weighted by atomic mass is 35.5. The molecule has 2 aromatic heterocycles. The third kappa shape index (κ3) is 2.50. The SMILES string of the molecule is CCn1cnc2c(Nc3ccc(OC)c(Cl)c3)ncnc21. The molecule has 1 N–H and O–H groups in total. The highest BCUT2D eigenvalue weighted by Gasteiger charge is 2.10. The van der Waals surface area contributed by atoms with Crippen LogP contribution >= 0.6 is 11.6 Å². The molecule has 0 saturated carbocycles. The molecule has 0 fully saturated rings. The van der Waals surface area contributed by atoms with E-state index in [1.54, 1.807) is 25.6 Å². The quantitative estimate of drug-likeness (QED) is 0.801. The Kier molecular flexibility index (Phi) is 3.62. The number of benzene rings is 1. The van der Waals surface area contributed by atoms with E-state index in [-0.39, 0.29) is 0 Å². The van der Waals surface area contributed by atoms with Gasteiger partial charge >= 0.3 is 0 Å². The summed E-state index contributed by atoms with van der Waals surface area (Å²) in [5.41, 5.74) is 2.34. The minimum Gasteiger partial charge on any atom is -0.495 e. The van der Waals surface area contributed by atoms with Crippen LogP contribution in [0.25, 0.3) is 11.2 Å². The molecular weight excluding hydrogens is 290 g/mol. The second-order valence-corrected chi connectivity index (χ2v) is 4.81. The number of methoxy groups -OCH3 is 1. The van der Waals surface area contributed by atoms with Crippen LogP contribution in [0.1, 0.15) is 6.92 Å². The normalized spacial score (nSPS) is 10.8. The van der Waals surface area contributed by atoms with Crippen LogP contribution in [0.3, 0.4) is 0 Å². The summed E-state index contributed by atoms with van der Waals surface area (Å²) in [6.45, 7) is 2.85. The average Bonchev–Trinajstić information content (AvgIpc) is 2.92. The Morgan fingerprint density at radius 1 is 1.29 bits per heavy atom. The molecule has 2 heterocycles. The van der Waals surface area contributed by atoms with E-state index >= 15 is 0 Å². The number of nitrogens with zero attached hydrogens (tertiary/aromatic N) is 4. The van der Waals surface area contributed by atoms with Crippen LogP contribution in [-0.2, 0) is 6.54 Å². The fourth-order valence-corrected chi connectivity index (χ4v) is 2.34. The van der Waals surface area contributed by atoms with Gasteiger partial charge in [-0.05, 0) is 25.1 Å². The molecule has 0 spiro atoms. The lowest BCUT2D eigenvalue weighted by atomic mass is 10.3. The Labute approximate surface area is 126 Å². The number of halogens is 1. The van der Waals surface area contributed by atoms with Gasteiger partial charge in [-0.15, -0.1) is 0 Å². The summed E-state index contributed by atoms with van der Waals surface area (Å²) in [7, 11) is 1.58. The van der Waals surface area contributed by atoms with E-state index in [1.165, 1.54) is 6.33 Å². The van der Waals surface area contributed by atoms with Gasteiger partial charge in [-0.3, -0.25) is 0 Å². The number of aromatic nitrogens is 4. The van der Waals surface area contributed by atoms with Crippen molar-refractivity contribution < 1.29 is 4.74 Å². The van der Waals surface area contributed by atoms with Crippen LogP contribution in [0.5, 0.6) is 5.75 Å². The lowest BCUT2D eigenvalue weighted by Crippen LogP contribution is -1.98. The molecule has 6 nitrogen and oxygen atoms in total. The summed E-state index contributed by atoms with van der Waals surface area (Å²) < 4.78 is 7.10. The fourth-order valence-electron chi connectivity index (χ4n) is 2.08. The summed E-state index contributed by atoms with van der Waals surface area (Å²) in [6, 6.07) is 5.45. The van der Waals surface area contributed by atoms with Crippen LogP contribution in [0, 0.1) is 0 Å². The van der Waals surface area contributed by atoms with Crippen molar-refractivity contribution in [2.45, 2.75) is 13.5 Å². The van der Waals surface area contributed by atoms with E-state index in [4.69, 9.17) is 16.3 Å². The highest BCUT2D eigenvalue weighted by Crippen LogP contribution is 2.29. The maximum absolute atomic E-state index is 6.12. The van der Waals surface area contributed by atoms with Gasteiger partial charge in [0.1, 0.15) is 12.1 Å². The maximum atomic E-state index is 6.12. The van der Waals surface area contributed by atoms with Crippen molar-refractivity contribution in [3.63, 3.8) is 0 Å². The Balaban J connectivity index is 1.98. The van der Waals surface area contributed by atoms with Crippen molar-refractivity contribution >= 4 is 34.3 Å². The van der Waals surface area contributed by atoms with Crippen LogP contribution in [0.4, 0.5) is 11.5 Å². The Morgan fingerprint density at radius 2 is 2.14 bits per heavy atom. The van der Waals surface area contributed by atoms with E-state index in [1.807, 2.05) is 17.6 Å². The van der Waals surface area contributed by atoms with Crippen LogP contribution < -0.4 is 10.1 Å². The van der Waals surface area contributed by atoms with Crippen molar-refractivity contribution in [1.29, 1.82) is 0 Å². The summed E-state index contributed by atoms with van der Waals surface area (Å²) in [5, 5.41) is 3.74. The lowest BCUT2D eigenvalue weighted by Gasteiger charge is -2.08. The standard InChI is InChI=1S/C14H14ClN5O/c1-3-20-8-18-12-13(16-7-17-14(12)20)19-9-4-5-11(21-2)10(15)6-9/h4-8H,3H2,1-2H3,(H,16,17,19). The monoisotopic (exact) mass is 303 g/mol. The minimum atomic E-state index is 0.534. The van der Waals surface area contributed by atoms with Gasteiger partial charge in [0.2, 0.25) is 0 Å². The first-order valence-corrected chi connectivity index (χ1v) is 6.87. The number of hydrogen-bond donors (Lipinski definition) is 1. The molecule has 1 aromatic carbocycles. The molecule has 0 radical (unpaired) electrons. The van der Waals surface area contributed by atoms with E-state index in [0.717, 1.165) is 23.4 Å². The topological polar surface area (TPSA) is 64.9 Å². The number of hydrogen-bond acceptors (Lipinski definition) is 5. The van der Waals surface area contributed by atoms with E-state index in [0.29, 0.717) is 16.6 Å². The lowest BCUT2D eigenvalue weighted by molar-refractivity contribution is 0.415. The highest BCUT2D eigenvalue weighted by molar-refractivity contribution is 6.32. The van der Waals surface area contributed by atoms with Gasteiger partial charge < -0.3 is 14.6 Å². The predicted molar refractivity (Wildman–Crippen MR) is 82.3 cm³/mol. The van der Waals surface area contributed by atoms with Crippen molar-refractivity contribution in [3.8, 4) is 5.75 Å². The van der Waals surface area contributed by atoms with Crippen molar-refractivity contribution in [2.24, 2.45) is 0 Å². The Bertz CT molecular complexity index is 786. The van der Waals surface area contributed by atoms with E-state index in [2.05, 4.69) is 20.3 Å². The average molecular weight is 304 g/mol.